The number of hydrogen-bond donors (Lipinski definition) is 0. The smallest absolute Gasteiger partial charge is 0.307 e. The topological polar surface area (TPSA) is 43.4 Å². The summed E-state index contributed by atoms with van der Waals surface area (Å²) in [5.41, 5.74) is 0. The van der Waals surface area contributed by atoms with Crippen LogP contribution in [0.2, 0.25) is 0 Å². The Bertz CT molecular complexity index is 433. The first-order chi connectivity index (χ1) is 10.2. The van der Waals surface area contributed by atoms with Crippen molar-refractivity contribution in [2.45, 2.75) is 55.1 Å². The Morgan fingerprint density at radius 2 is 1.95 bits per heavy atom. The van der Waals surface area contributed by atoms with Gasteiger partial charge in [0.05, 0.1) is 18.3 Å². The van der Waals surface area contributed by atoms with E-state index in [-0.39, 0.29) is 12.4 Å². The molecule has 0 amide bonds. The van der Waals surface area contributed by atoms with Gasteiger partial charge in [-0.25, -0.2) is 0 Å². The molecule has 0 radical (unpaired) electrons. The SMILES string of the molecule is CCCCCCC(C=O)(CC(=O)OC)Sc1ccccc1. The molecule has 0 aliphatic rings. The molecule has 0 bridgehead atoms. The van der Waals surface area contributed by atoms with Crippen molar-refractivity contribution in [1.82, 2.24) is 0 Å². The van der Waals surface area contributed by atoms with Crippen LogP contribution in [0.4, 0.5) is 0 Å². The van der Waals surface area contributed by atoms with Crippen molar-refractivity contribution >= 4 is 24.0 Å². The molecule has 21 heavy (non-hydrogen) atoms. The molecule has 0 fully saturated rings. The molecule has 4 heteroatoms. The third kappa shape index (κ3) is 6.34. The largest absolute Gasteiger partial charge is 0.469 e. The Morgan fingerprint density at radius 3 is 2.52 bits per heavy atom. The van der Waals surface area contributed by atoms with E-state index in [0.717, 1.165) is 36.9 Å². The van der Waals surface area contributed by atoms with E-state index < -0.39 is 4.75 Å². The van der Waals surface area contributed by atoms with Crippen molar-refractivity contribution in [3.63, 3.8) is 0 Å². The Hall–Kier alpha value is -1.29. The number of aldehydes is 1. The molecule has 1 unspecified atom stereocenters. The van der Waals surface area contributed by atoms with Crippen LogP contribution in [0.25, 0.3) is 0 Å². The lowest BCUT2D eigenvalue weighted by Gasteiger charge is -2.26. The normalized spacial score (nSPS) is 13.4. The zero-order valence-electron chi connectivity index (χ0n) is 12.8. The summed E-state index contributed by atoms with van der Waals surface area (Å²) >= 11 is 1.47. The van der Waals surface area contributed by atoms with Gasteiger partial charge < -0.3 is 9.53 Å². The van der Waals surface area contributed by atoms with E-state index in [1.54, 1.807) is 0 Å². The summed E-state index contributed by atoms with van der Waals surface area (Å²) < 4.78 is 4.04. The van der Waals surface area contributed by atoms with Crippen molar-refractivity contribution in [1.29, 1.82) is 0 Å². The number of carbonyl (C=O) groups excluding carboxylic acids is 2. The number of rotatable bonds is 10. The van der Waals surface area contributed by atoms with E-state index in [2.05, 4.69) is 6.92 Å². The van der Waals surface area contributed by atoms with E-state index in [1.165, 1.54) is 18.9 Å². The van der Waals surface area contributed by atoms with Gasteiger partial charge in [-0.1, -0.05) is 50.8 Å². The molecule has 0 heterocycles. The molecule has 1 rings (SSSR count). The second kappa shape index (κ2) is 9.61. The zero-order valence-corrected chi connectivity index (χ0v) is 13.7. The maximum absolute atomic E-state index is 11.7. The predicted molar refractivity (Wildman–Crippen MR) is 86.5 cm³/mol. The molecule has 0 saturated carbocycles. The first-order valence-corrected chi connectivity index (χ1v) is 8.24. The van der Waals surface area contributed by atoms with Crippen molar-refractivity contribution in [3.8, 4) is 0 Å². The molecule has 0 aliphatic carbocycles. The highest BCUT2D eigenvalue weighted by molar-refractivity contribution is 8.01. The van der Waals surface area contributed by atoms with Crippen LogP contribution in [0.3, 0.4) is 0 Å². The first kappa shape index (κ1) is 17.8. The molecular weight excluding hydrogens is 284 g/mol. The third-order valence-electron chi connectivity index (χ3n) is 3.40. The number of carbonyl (C=O) groups is 2. The molecule has 1 atom stereocenters. The van der Waals surface area contributed by atoms with Crippen LogP contribution in [0.1, 0.15) is 45.4 Å². The molecular formula is C17H24O3S. The van der Waals surface area contributed by atoms with Gasteiger partial charge in [-0.15, -0.1) is 11.8 Å². The fourth-order valence-corrected chi connectivity index (χ4v) is 3.44. The summed E-state index contributed by atoms with van der Waals surface area (Å²) in [5.74, 6) is -0.332. The average molecular weight is 308 g/mol. The molecule has 0 spiro atoms. The third-order valence-corrected chi connectivity index (χ3v) is 4.76. The number of methoxy groups -OCH3 is 1. The predicted octanol–water partition coefficient (Wildman–Crippen LogP) is 4.25. The number of unbranched alkanes of at least 4 members (excludes halogenated alkanes) is 3. The van der Waals surface area contributed by atoms with Gasteiger partial charge in [-0.3, -0.25) is 4.79 Å². The highest BCUT2D eigenvalue weighted by atomic mass is 32.2. The Labute approximate surface area is 131 Å². The Morgan fingerprint density at radius 1 is 1.24 bits per heavy atom. The Balaban J connectivity index is 2.79. The van der Waals surface area contributed by atoms with Crippen LogP contribution in [0.5, 0.6) is 0 Å². The lowest BCUT2D eigenvalue weighted by Crippen LogP contribution is -2.30. The van der Waals surface area contributed by atoms with Gasteiger partial charge in [0.15, 0.2) is 0 Å². The molecule has 0 saturated heterocycles. The van der Waals surface area contributed by atoms with E-state index in [0.29, 0.717) is 6.42 Å². The summed E-state index contributed by atoms with van der Waals surface area (Å²) in [6.07, 6.45) is 6.09. The van der Waals surface area contributed by atoms with Gasteiger partial charge in [0.1, 0.15) is 6.29 Å². The number of ether oxygens (including phenoxy) is 1. The average Bonchev–Trinajstić information content (AvgIpc) is 2.52. The zero-order chi connectivity index (χ0) is 15.6. The molecule has 116 valence electrons. The van der Waals surface area contributed by atoms with Crippen LogP contribution in [0, 0.1) is 0 Å². The summed E-state index contributed by atoms with van der Waals surface area (Å²) in [5, 5.41) is 0. The summed E-state index contributed by atoms with van der Waals surface area (Å²) in [4.78, 5) is 24.4. The summed E-state index contributed by atoms with van der Waals surface area (Å²) in [6.45, 7) is 2.15. The van der Waals surface area contributed by atoms with Gasteiger partial charge >= 0.3 is 5.97 Å². The number of esters is 1. The lowest BCUT2D eigenvalue weighted by atomic mass is 9.98. The monoisotopic (exact) mass is 308 g/mol. The van der Waals surface area contributed by atoms with E-state index >= 15 is 0 Å². The Kier molecular flexibility index (Phi) is 8.13. The summed E-state index contributed by atoms with van der Waals surface area (Å²) in [7, 11) is 1.36. The molecule has 0 aliphatic heterocycles. The fraction of sp³-hybridized carbons (Fsp3) is 0.529. The van der Waals surface area contributed by atoms with E-state index in [9.17, 15) is 9.59 Å². The van der Waals surface area contributed by atoms with Crippen molar-refractivity contribution in [2.24, 2.45) is 0 Å². The van der Waals surface area contributed by atoms with Gasteiger partial charge in [0.25, 0.3) is 0 Å². The van der Waals surface area contributed by atoms with Gasteiger partial charge in [-0.2, -0.15) is 0 Å². The van der Waals surface area contributed by atoms with Crippen LogP contribution in [-0.4, -0.2) is 24.1 Å². The first-order valence-electron chi connectivity index (χ1n) is 7.43. The van der Waals surface area contributed by atoms with Crippen LogP contribution >= 0.6 is 11.8 Å². The fourth-order valence-electron chi connectivity index (χ4n) is 2.19. The van der Waals surface area contributed by atoms with Crippen molar-refractivity contribution < 1.29 is 14.3 Å². The molecule has 1 aromatic rings. The highest BCUT2D eigenvalue weighted by Crippen LogP contribution is 2.38. The molecule has 3 nitrogen and oxygen atoms in total. The van der Waals surface area contributed by atoms with Gasteiger partial charge in [-0.05, 0) is 18.6 Å². The molecule has 0 N–H and O–H groups in total. The number of thioether (sulfide) groups is 1. The highest BCUT2D eigenvalue weighted by Gasteiger charge is 2.34. The van der Waals surface area contributed by atoms with E-state index in [1.807, 2.05) is 30.3 Å². The standard InChI is InChI=1S/C17H24O3S/c1-3-4-5-9-12-17(14-18,13-16(19)20-2)21-15-10-7-6-8-11-15/h6-8,10-11,14H,3-5,9,12-13H2,1-2H3. The number of benzene rings is 1. The minimum atomic E-state index is -0.720. The summed E-state index contributed by atoms with van der Waals surface area (Å²) in [6, 6.07) is 9.74. The second-order valence-corrected chi connectivity index (χ2v) is 6.65. The quantitative estimate of drug-likeness (QED) is 0.280. The maximum atomic E-state index is 11.7. The van der Waals surface area contributed by atoms with E-state index in [4.69, 9.17) is 4.74 Å². The van der Waals surface area contributed by atoms with Gasteiger partial charge in [0, 0.05) is 4.90 Å². The minimum absolute atomic E-state index is 0.124. The second-order valence-electron chi connectivity index (χ2n) is 5.16. The van der Waals surface area contributed by atoms with Crippen molar-refractivity contribution in [2.75, 3.05) is 7.11 Å². The van der Waals surface area contributed by atoms with Crippen LogP contribution in [-0.2, 0) is 14.3 Å². The van der Waals surface area contributed by atoms with Crippen LogP contribution in [0.15, 0.2) is 35.2 Å². The van der Waals surface area contributed by atoms with Crippen LogP contribution < -0.4 is 0 Å². The lowest BCUT2D eigenvalue weighted by molar-refractivity contribution is -0.142. The maximum Gasteiger partial charge on any atom is 0.307 e. The van der Waals surface area contributed by atoms with Gasteiger partial charge in [0.2, 0.25) is 0 Å². The molecule has 0 aromatic heterocycles. The van der Waals surface area contributed by atoms with Crippen molar-refractivity contribution in [3.05, 3.63) is 30.3 Å². The minimum Gasteiger partial charge on any atom is -0.469 e. The number of hydrogen-bond acceptors (Lipinski definition) is 4. The molecule has 1 aromatic carbocycles.